The van der Waals surface area contributed by atoms with E-state index in [4.69, 9.17) is 5.26 Å². The van der Waals surface area contributed by atoms with E-state index in [1.807, 2.05) is 36.5 Å². The standard InChI is InChI=1S/C22H21N3/c1-18-6-4-8-20(12-18)15-25(17-22-10-2-3-11-24-22)16-21-9-5-7-19(13-21)14-23/h2-13H,15-17H2,1H3. The Bertz CT molecular complexity index is 866. The van der Waals surface area contributed by atoms with Gasteiger partial charge < -0.3 is 0 Å². The summed E-state index contributed by atoms with van der Waals surface area (Å²) in [6, 6.07) is 24.6. The minimum atomic E-state index is 0.700. The Labute approximate surface area is 149 Å². The van der Waals surface area contributed by atoms with Crippen LogP contribution in [-0.2, 0) is 19.6 Å². The van der Waals surface area contributed by atoms with Gasteiger partial charge in [0.15, 0.2) is 0 Å². The molecule has 0 N–H and O–H groups in total. The Morgan fingerprint density at radius 3 is 2.32 bits per heavy atom. The van der Waals surface area contributed by atoms with Crippen LogP contribution in [0, 0.1) is 18.3 Å². The van der Waals surface area contributed by atoms with Crippen LogP contribution in [0.3, 0.4) is 0 Å². The summed E-state index contributed by atoms with van der Waals surface area (Å²) in [5.74, 6) is 0. The van der Waals surface area contributed by atoms with Gasteiger partial charge >= 0.3 is 0 Å². The van der Waals surface area contributed by atoms with Crippen LogP contribution < -0.4 is 0 Å². The molecule has 0 spiro atoms. The van der Waals surface area contributed by atoms with Crippen LogP contribution in [0.5, 0.6) is 0 Å². The van der Waals surface area contributed by atoms with Crippen molar-refractivity contribution in [3.05, 3.63) is 101 Å². The van der Waals surface area contributed by atoms with Gasteiger partial charge in [0.05, 0.1) is 17.3 Å². The van der Waals surface area contributed by atoms with E-state index in [0.29, 0.717) is 5.56 Å². The van der Waals surface area contributed by atoms with Crippen molar-refractivity contribution < 1.29 is 0 Å². The van der Waals surface area contributed by atoms with Crippen LogP contribution in [0.25, 0.3) is 0 Å². The lowest BCUT2D eigenvalue weighted by atomic mass is 10.1. The maximum Gasteiger partial charge on any atom is 0.0991 e. The molecule has 0 aliphatic carbocycles. The molecule has 1 aromatic heterocycles. The predicted octanol–water partition coefficient (Wildman–Crippen LogP) is 4.46. The first-order valence-electron chi connectivity index (χ1n) is 8.40. The largest absolute Gasteiger partial charge is 0.289 e. The van der Waals surface area contributed by atoms with Crippen molar-refractivity contribution >= 4 is 0 Å². The Hall–Kier alpha value is -2.96. The minimum Gasteiger partial charge on any atom is -0.289 e. The van der Waals surface area contributed by atoms with E-state index in [0.717, 1.165) is 30.9 Å². The van der Waals surface area contributed by atoms with E-state index < -0.39 is 0 Å². The molecule has 3 nitrogen and oxygen atoms in total. The van der Waals surface area contributed by atoms with E-state index in [2.05, 4.69) is 59.3 Å². The summed E-state index contributed by atoms with van der Waals surface area (Å²) in [5.41, 5.74) is 5.44. The molecule has 0 radical (unpaired) electrons. The molecule has 0 amide bonds. The van der Waals surface area contributed by atoms with Gasteiger partial charge in [-0.05, 0) is 42.3 Å². The highest BCUT2D eigenvalue weighted by Crippen LogP contribution is 2.15. The number of pyridine rings is 1. The summed E-state index contributed by atoms with van der Waals surface area (Å²) in [5, 5.41) is 9.12. The number of aryl methyl sites for hydroxylation is 1. The molecule has 0 saturated heterocycles. The van der Waals surface area contributed by atoms with Crippen molar-refractivity contribution in [3.63, 3.8) is 0 Å². The first-order valence-corrected chi connectivity index (χ1v) is 8.40. The summed E-state index contributed by atoms with van der Waals surface area (Å²) in [7, 11) is 0. The first-order chi connectivity index (χ1) is 12.2. The second-order valence-electron chi connectivity index (χ2n) is 6.27. The van der Waals surface area contributed by atoms with Crippen molar-refractivity contribution in [1.82, 2.24) is 9.88 Å². The van der Waals surface area contributed by atoms with Gasteiger partial charge in [0.1, 0.15) is 0 Å². The molecular formula is C22H21N3. The molecule has 0 atom stereocenters. The van der Waals surface area contributed by atoms with Gasteiger partial charge in [0.2, 0.25) is 0 Å². The molecule has 25 heavy (non-hydrogen) atoms. The van der Waals surface area contributed by atoms with Crippen LogP contribution in [0.1, 0.15) is 27.9 Å². The predicted molar refractivity (Wildman–Crippen MR) is 99.5 cm³/mol. The molecule has 0 aliphatic heterocycles. The Balaban J connectivity index is 1.81. The minimum absolute atomic E-state index is 0.700. The zero-order valence-electron chi connectivity index (χ0n) is 14.4. The van der Waals surface area contributed by atoms with Gasteiger partial charge in [0.25, 0.3) is 0 Å². The van der Waals surface area contributed by atoms with E-state index in [1.165, 1.54) is 11.1 Å². The lowest BCUT2D eigenvalue weighted by Gasteiger charge is -2.22. The summed E-state index contributed by atoms with van der Waals surface area (Å²) in [4.78, 5) is 6.81. The SMILES string of the molecule is Cc1cccc(CN(Cc2cccc(C#N)c2)Cc2ccccn2)c1. The average Bonchev–Trinajstić information content (AvgIpc) is 2.63. The Kier molecular flexibility index (Phi) is 5.56. The maximum atomic E-state index is 9.12. The van der Waals surface area contributed by atoms with Crippen molar-refractivity contribution in [3.8, 4) is 6.07 Å². The summed E-state index contributed by atoms with van der Waals surface area (Å²) < 4.78 is 0. The zero-order valence-corrected chi connectivity index (χ0v) is 14.4. The average molecular weight is 327 g/mol. The van der Waals surface area contributed by atoms with E-state index in [9.17, 15) is 0 Å². The molecular weight excluding hydrogens is 306 g/mol. The molecule has 3 heteroatoms. The number of rotatable bonds is 6. The third-order valence-corrected chi connectivity index (χ3v) is 4.06. The fourth-order valence-electron chi connectivity index (χ4n) is 2.95. The van der Waals surface area contributed by atoms with E-state index in [1.54, 1.807) is 0 Å². The number of benzene rings is 2. The normalized spacial score (nSPS) is 10.6. The van der Waals surface area contributed by atoms with Crippen molar-refractivity contribution in [1.29, 1.82) is 5.26 Å². The Morgan fingerprint density at radius 1 is 0.880 bits per heavy atom. The number of nitrogens with zero attached hydrogens (tertiary/aromatic N) is 3. The van der Waals surface area contributed by atoms with Crippen LogP contribution in [0.2, 0.25) is 0 Å². The van der Waals surface area contributed by atoms with Gasteiger partial charge in [-0.2, -0.15) is 5.26 Å². The molecule has 3 rings (SSSR count). The molecule has 124 valence electrons. The van der Waals surface area contributed by atoms with E-state index in [-0.39, 0.29) is 0 Å². The smallest absolute Gasteiger partial charge is 0.0991 e. The molecule has 0 unspecified atom stereocenters. The first kappa shape index (κ1) is 16.9. The topological polar surface area (TPSA) is 39.9 Å². The van der Waals surface area contributed by atoms with Gasteiger partial charge in [-0.3, -0.25) is 9.88 Å². The highest BCUT2D eigenvalue weighted by Gasteiger charge is 2.10. The second kappa shape index (κ2) is 8.23. The van der Waals surface area contributed by atoms with Gasteiger partial charge in [-0.1, -0.05) is 48.0 Å². The summed E-state index contributed by atoms with van der Waals surface area (Å²) in [6.07, 6.45) is 1.83. The highest BCUT2D eigenvalue weighted by molar-refractivity contribution is 5.33. The number of hydrogen-bond donors (Lipinski definition) is 0. The maximum absolute atomic E-state index is 9.12. The monoisotopic (exact) mass is 327 g/mol. The van der Waals surface area contributed by atoms with E-state index >= 15 is 0 Å². The molecule has 2 aromatic carbocycles. The molecule has 3 aromatic rings. The van der Waals surface area contributed by atoms with Crippen molar-refractivity contribution in [2.45, 2.75) is 26.6 Å². The molecule has 0 fully saturated rings. The molecule has 1 heterocycles. The van der Waals surface area contributed by atoms with Gasteiger partial charge in [-0.25, -0.2) is 0 Å². The number of nitriles is 1. The summed E-state index contributed by atoms with van der Waals surface area (Å²) in [6.45, 7) is 4.50. The van der Waals surface area contributed by atoms with Crippen LogP contribution >= 0.6 is 0 Å². The second-order valence-corrected chi connectivity index (χ2v) is 6.27. The quantitative estimate of drug-likeness (QED) is 0.671. The Morgan fingerprint density at radius 2 is 1.64 bits per heavy atom. The lowest BCUT2D eigenvalue weighted by molar-refractivity contribution is 0.244. The summed E-state index contributed by atoms with van der Waals surface area (Å²) >= 11 is 0. The highest BCUT2D eigenvalue weighted by atomic mass is 15.1. The lowest BCUT2D eigenvalue weighted by Crippen LogP contribution is -2.23. The van der Waals surface area contributed by atoms with Crippen LogP contribution in [-0.4, -0.2) is 9.88 Å². The van der Waals surface area contributed by atoms with Crippen molar-refractivity contribution in [2.75, 3.05) is 0 Å². The molecule has 0 saturated carbocycles. The van der Waals surface area contributed by atoms with Crippen LogP contribution in [0.15, 0.2) is 72.9 Å². The van der Waals surface area contributed by atoms with Gasteiger partial charge in [-0.15, -0.1) is 0 Å². The van der Waals surface area contributed by atoms with Crippen LogP contribution in [0.4, 0.5) is 0 Å². The molecule has 0 bridgehead atoms. The third kappa shape index (κ3) is 5.00. The molecule has 0 aliphatic rings. The fourth-order valence-corrected chi connectivity index (χ4v) is 2.95. The fraction of sp³-hybridized carbons (Fsp3) is 0.182. The van der Waals surface area contributed by atoms with Crippen molar-refractivity contribution in [2.24, 2.45) is 0 Å². The number of hydrogen-bond acceptors (Lipinski definition) is 3. The third-order valence-electron chi connectivity index (χ3n) is 4.06. The van der Waals surface area contributed by atoms with Gasteiger partial charge in [0, 0.05) is 25.8 Å². The zero-order chi connectivity index (χ0) is 17.5. The number of aromatic nitrogens is 1.